The maximum Gasteiger partial charge on any atom is 0.306 e. The monoisotopic (exact) mass is 287 g/mol. The largest absolute Gasteiger partial charge is 0.481 e. The van der Waals surface area contributed by atoms with Crippen LogP contribution in [0.2, 0.25) is 0 Å². The lowest BCUT2D eigenvalue weighted by Gasteiger charge is -2.15. The highest BCUT2D eigenvalue weighted by Gasteiger charge is 2.32. The summed E-state index contributed by atoms with van der Waals surface area (Å²) < 4.78 is 2.03. The summed E-state index contributed by atoms with van der Waals surface area (Å²) in [6.45, 7) is 3.50. The fourth-order valence-corrected chi connectivity index (χ4v) is 3.23. The Labute approximate surface area is 124 Å². The molecular weight excluding hydrogens is 266 g/mol. The molecule has 0 radical (unpaired) electrons. The van der Waals surface area contributed by atoms with E-state index in [1.165, 1.54) is 5.56 Å². The molecule has 3 rings (SSSR count). The summed E-state index contributed by atoms with van der Waals surface area (Å²) in [7, 11) is 0. The van der Waals surface area contributed by atoms with Crippen molar-refractivity contribution in [1.82, 2.24) is 14.7 Å². The van der Waals surface area contributed by atoms with Crippen LogP contribution in [-0.4, -0.2) is 27.0 Å². The molecule has 0 bridgehead atoms. The van der Waals surface area contributed by atoms with Crippen molar-refractivity contribution in [3.8, 4) is 0 Å². The number of rotatable bonds is 5. The Kier molecular flexibility index (Phi) is 3.92. The van der Waals surface area contributed by atoms with Crippen LogP contribution in [0.15, 0.2) is 24.5 Å². The van der Waals surface area contributed by atoms with Gasteiger partial charge in [-0.2, -0.15) is 0 Å². The first-order valence-electron chi connectivity index (χ1n) is 7.51. The molecule has 0 amide bonds. The highest BCUT2D eigenvalue weighted by molar-refractivity contribution is 5.70. The van der Waals surface area contributed by atoms with Gasteiger partial charge in [0, 0.05) is 18.9 Å². The minimum absolute atomic E-state index is 0.179. The van der Waals surface area contributed by atoms with Gasteiger partial charge in [-0.1, -0.05) is 12.5 Å². The molecule has 2 unspecified atom stereocenters. The van der Waals surface area contributed by atoms with Crippen LogP contribution in [0.5, 0.6) is 0 Å². The van der Waals surface area contributed by atoms with Gasteiger partial charge >= 0.3 is 5.97 Å². The van der Waals surface area contributed by atoms with E-state index in [0.717, 1.165) is 37.1 Å². The lowest BCUT2D eigenvalue weighted by molar-refractivity contribution is -0.142. The Morgan fingerprint density at radius 1 is 1.43 bits per heavy atom. The molecular formula is C16H21N3O2. The first-order chi connectivity index (χ1) is 10.1. The van der Waals surface area contributed by atoms with Crippen LogP contribution in [0.4, 0.5) is 0 Å². The zero-order valence-electron chi connectivity index (χ0n) is 12.2. The minimum atomic E-state index is -0.650. The number of hydrogen-bond donors (Lipinski definition) is 2. The van der Waals surface area contributed by atoms with Crippen molar-refractivity contribution >= 4 is 11.6 Å². The zero-order valence-corrected chi connectivity index (χ0v) is 12.2. The summed E-state index contributed by atoms with van der Waals surface area (Å²) in [5, 5.41) is 12.5. The topological polar surface area (TPSA) is 66.6 Å². The third kappa shape index (κ3) is 3.08. The highest BCUT2D eigenvalue weighted by atomic mass is 16.4. The third-order valence-electron chi connectivity index (χ3n) is 4.34. The van der Waals surface area contributed by atoms with Crippen molar-refractivity contribution in [3.63, 3.8) is 0 Å². The van der Waals surface area contributed by atoms with Gasteiger partial charge in [0.15, 0.2) is 0 Å². The maximum atomic E-state index is 11.2. The molecule has 0 aliphatic heterocycles. The van der Waals surface area contributed by atoms with Gasteiger partial charge in [0.1, 0.15) is 5.65 Å². The number of carbonyl (C=O) groups is 1. The van der Waals surface area contributed by atoms with E-state index in [1.54, 1.807) is 0 Å². The van der Waals surface area contributed by atoms with Crippen LogP contribution in [0.1, 0.15) is 30.5 Å². The van der Waals surface area contributed by atoms with Gasteiger partial charge in [-0.25, -0.2) is 4.98 Å². The van der Waals surface area contributed by atoms with E-state index in [9.17, 15) is 9.90 Å². The average molecular weight is 287 g/mol. The van der Waals surface area contributed by atoms with E-state index in [-0.39, 0.29) is 11.8 Å². The smallest absolute Gasteiger partial charge is 0.306 e. The van der Waals surface area contributed by atoms with Crippen molar-refractivity contribution < 1.29 is 9.90 Å². The normalized spacial score (nSPS) is 22.0. The van der Waals surface area contributed by atoms with Gasteiger partial charge in [-0.3, -0.25) is 4.79 Å². The van der Waals surface area contributed by atoms with E-state index < -0.39 is 5.97 Å². The lowest BCUT2D eigenvalue weighted by atomic mass is 9.96. The van der Waals surface area contributed by atoms with Crippen molar-refractivity contribution in [3.05, 3.63) is 35.8 Å². The number of carboxylic acid groups (broad SMARTS) is 1. The van der Waals surface area contributed by atoms with Crippen LogP contribution in [-0.2, 0) is 11.3 Å². The molecule has 1 saturated carbocycles. The Morgan fingerprint density at radius 2 is 2.29 bits per heavy atom. The molecule has 0 spiro atoms. The summed E-state index contributed by atoms with van der Waals surface area (Å²) in [5.74, 6) is -0.578. The van der Waals surface area contributed by atoms with Crippen LogP contribution in [0.25, 0.3) is 5.65 Å². The van der Waals surface area contributed by atoms with Crippen LogP contribution in [0.3, 0.4) is 0 Å². The number of aromatic nitrogens is 2. The molecule has 0 saturated heterocycles. The number of nitrogens with zero attached hydrogens (tertiary/aromatic N) is 2. The van der Waals surface area contributed by atoms with Crippen molar-refractivity contribution in [2.75, 3.05) is 6.54 Å². The van der Waals surface area contributed by atoms with E-state index >= 15 is 0 Å². The van der Waals surface area contributed by atoms with Gasteiger partial charge in [-0.05, 0) is 43.9 Å². The summed E-state index contributed by atoms with van der Waals surface area (Å²) in [6, 6.07) is 4.06. The fraction of sp³-hybridized carbons (Fsp3) is 0.500. The summed E-state index contributed by atoms with van der Waals surface area (Å²) in [4.78, 5) is 15.7. The fourth-order valence-electron chi connectivity index (χ4n) is 3.23. The van der Waals surface area contributed by atoms with E-state index in [0.29, 0.717) is 6.54 Å². The SMILES string of the molecule is Cc1ccc2nc(CNCC3CCCC3C(=O)O)cn2c1. The Hall–Kier alpha value is -1.88. The lowest BCUT2D eigenvalue weighted by Crippen LogP contribution is -2.28. The zero-order chi connectivity index (χ0) is 14.8. The van der Waals surface area contributed by atoms with Gasteiger partial charge < -0.3 is 14.8 Å². The molecule has 5 heteroatoms. The quantitative estimate of drug-likeness (QED) is 0.885. The van der Waals surface area contributed by atoms with Gasteiger partial charge in [0.05, 0.1) is 11.6 Å². The number of imidazole rings is 1. The van der Waals surface area contributed by atoms with Crippen LogP contribution < -0.4 is 5.32 Å². The first kappa shape index (κ1) is 14.1. The number of nitrogens with one attached hydrogen (secondary N) is 1. The van der Waals surface area contributed by atoms with Gasteiger partial charge in [0.2, 0.25) is 0 Å². The molecule has 21 heavy (non-hydrogen) atoms. The number of carboxylic acids is 1. The van der Waals surface area contributed by atoms with Crippen molar-refractivity contribution in [1.29, 1.82) is 0 Å². The highest BCUT2D eigenvalue weighted by Crippen LogP contribution is 2.31. The molecule has 2 atom stereocenters. The molecule has 2 N–H and O–H groups in total. The number of aryl methyl sites for hydroxylation is 1. The van der Waals surface area contributed by atoms with E-state index in [4.69, 9.17) is 0 Å². The maximum absolute atomic E-state index is 11.2. The van der Waals surface area contributed by atoms with Gasteiger partial charge in [-0.15, -0.1) is 0 Å². The number of fused-ring (bicyclic) bond motifs is 1. The van der Waals surface area contributed by atoms with E-state index in [1.807, 2.05) is 16.7 Å². The molecule has 5 nitrogen and oxygen atoms in total. The van der Waals surface area contributed by atoms with Crippen LogP contribution in [0, 0.1) is 18.8 Å². The number of pyridine rings is 1. The van der Waals surface area contributed by atoms with Crippen LogP contribution >= 0.6 is 0 Å². The Balaban J connectivity index is 1.58. The molecule has 1 aliphatic carbocycles. The predicted octanol–water partition coefficient (Wildman–Crippen LogP) is 2.23. The third-order valence-corrected chi connectivity index (χ3v) is 4.34. The van der Waals surface area contributed by atoms with Crippen molar-refractivity contribution in [2.24, 2.45) is 11.8 Å². The summed E-state index contributed by atoms with van der Waals surface area (Å²) in [5.41, 5.74) is 3.14. The molecule has 2 heterocycles. The molecule has 1 aliphatic rings. The standard InChI is InChI=1S/C16H21N3O2/c1-11-5-6-15-18-13(10-19(15)9-11)8-17-7-12-3-2-4-14(12)16(20)21/h5-6,9-10,12,14,17H,2-4,7-8H2,1H3,(H,20,21). The number of aliphatic carboxylic acids is 1. The molecule has 1 fully saturated rings. The second-order valence-electron chi connectivity index (χ2n) is 5.97. The minimum Gasteiger partial charge on any atom is -0.481 e. The van der Waals surface area contributed by atoms with Gasteiger partial charge in [0.25, 0.3) is 0 Å². The number of hydrogen-bond acceptors (Lipinski definition) is 3. The molecule has 112 valence electrons. The molecule has 2 aromatic heterocycles. The predicted molar refractivity (Wildman–Crippen MR) is 80.1 cm³/mol. The van der Waals surface area contributed by atoms with E-state index in [2.05, 4.69) is 29.5 Å². The first-order valence-corrected chi connectivity index (χ1v) is 7.51. The Bertz CT molecular complexity index is 650. The summed E-state index contributed by atoms with van der Waals surface area (Å²) in [6.07, 6.45) is 6.93. The second kappa shape index (κ2) is 5.85. The molecule has 0 aromatic carbocycles. The Morgan fingerprint density at radius 3 is 3.10 bits per heavy atom. The molecule has 2 aromatic rings. The van der Waals surface area contributed by atoms with Crippen molar-refractivity contribution in [2.45, 2.75) is 32.7 Å². The average Bonchev–Trinajstić information content (AvgIpc) is 3.04. The summed E-state index contributed by atoms with van der Waals surface area (Å²) >= 11 is 0. The second-order valence-corrected chi connectivity index (χ2v) is 5.97.